The summed E-state index contributed by atoms with van der Waals surface area (Å²) in [5.74, 6) is -0.140. The Hall–Kier alpha value is -4.00. The van der Waals surface area contributed by atoms with Crippen LogP contribution in [0.1, 0.15) is 34.3 Å². The van der Waals surface area contributed by atoms with E-state index < -0.39 is 17.7 Å². The number of carbonyl (C=O) groups excluding carboxylic acids is 2. The SMILES string of the molecule is COc1ccc(OC)c(/C(O)=C2/C(=O)C(=O)N(c3ccc(C)c(C)c3)C2c2ccc(C)o2)c1. The van der Waals surface area contributed by atoms with Gasteiger partial charge in [-0.15, -0.1) is 0 Å². The van der Waals surface area contributed by atoms with Crippen molar-refractivity contribution in [2.24, 2.45) is 0 Å². The number of aryl methyl sites for hydroxylation is 3. The first-order valence-corrected chi connectivity index (χ1v) is 10.4. The van der Waals surface area contributed by atoms with Gasteiger partial charge in [-0.25, -0.2) is 0 Å². The number of aliphatic hydroxyl groups excluding tert-OH is 1. The van der Waals surface area contributed by atoms with Gasteiger partial charge < -0.3 is 19.0 Å². The van der Waals surface area contributed by atoms with Crippen LogP contribution < -0.4 is 14.4 Å². The van der Waals surface area contributed by atoms with Gasteiger partial charge in [0, 0.05) is 5.69 Å². The van der Waals surface area contributed by atoms with Crippen LogP contribution in [0.3, 0.4) is 0 Å². The van der Waals surface area contributed by atoms with E-state index in [9.17, 15) is 14.7 Å². The van der Waals surface area contributed by atoms with Gasteiger partial charge in [-0.3, -0.25) is 14.5 Å². The highest BCUT2D eigenvalue weighted by molar-refractivity contribution is 6.51. The van der Waals surface area contributed by atoms with Crippen LogP contribution >= 0.6 is 0 Å². The van der Waals surface area contributed by atoms with Gasteiger partial charge in [-0.1, -0.05) is 6.07 Å². The third-order valence-electron chi connectivity index (χ3n) is 5.91. The fourth-order valence-electron chi connectivity index (χ4n) is 3.99. The Kier molecular flexibility index (Phi) is 5.72. The molecular weight excluding hydrogens is 422 g/mol. The van der Waals surface area contributed by atoms with E-state index in [4.69, 9.17) is 13.9 Å². The molecule has 4 rings (SSSR count). The summed E-state index contributed by atoms with van der Waals surface area (Å²) >= 11 is 0. The van der Waals surface area contributed by atoms with Crippen molar-refractivity contribution in [3.05, 3.63) is 82.3 Å². The maximum absolute atomic E-state index is 13.3. The van der Waals surface area contributed by atoms with E-state index in [2.05, 4.69) is 0 Å². The Balaban J connectivity index is 1.98. The first kappa shape index (κ1) is 22.2. The number of methoxy groups -OCH3 is 2. The predicted molar refractivity (Wildman–Crippen MR) is 124 cm³/mol. The summed E-state index contributed by atoms with van der Waals surface area (Å²) in [5, 5.41) is 11.3. The minimum absolute atomic E-state index is 0.0841. The number of hydrogen-bond donors (Lipinski definition) is 1. The number of amides is 1. The lowest BCUT2D eigenvalue weighted by atomic mass is 9.98. The molecule has 33 heavy (non-hydrogen) atoms. The van der Waals surface area contributed by atoms with Crippen LogP contribution in [0.5, 0.6) is 11.5 Å². The molecule has 1 amide bonds. The predicted octanol–water partition coefficient (Wildman–Crippen LogP) is 4.85. The molecule has 3 aromatic rings. The third-order valence-corrected chi connectivity index (χ3v) is 5.91. The molecule has 0 spiro atoms. The van der Waals surface area contributed by atoms with Crippen molar-refractivity contribution < 1.29 is 28.6 Å². The van der Waals surface area contributed by atoms with Crippen LogP contribution in [-0.2, 0) is 9.59 Å². The van der Waals surface area contributed by atoms with E-state index in [0.29, 0.717) is 28.7 Å². The van der Waals surface area contributed by atoms with Crippen molar-refractivity contribution in [2.75, 3.05) is 19.1 Å². The van der Waals surface area contributed by atoms with Gasteiger partial charge in [-0.2, -0.15) is 0 Å². The van der Waals surface area contributed by atoms with E-state index in [1.165, 1.54) is 19.1 Å². The summed E-state index contributed by atoms with van der Waals surface area (Å²) < 4.78 is 16.5. The maximum Gasteiger partial charge on any atom is 0.300 e. The molecule has 0 aliphatic carbocycles. The maximum atomic E-state index is 13.3. The number of aliphatic hydroxyl groups is 1. The average molecular weight is 447 g/mol. The molecule has 1 fully saturated rings. The molecular formula is C26H25NO6. The van der Waals surface area contributed by atoms with Crippen molar-refractivity contribution >= 4 is 23.1 Å². The second-order valence-electron chi connectivity index (χ2n) is 7.95. The number of ether oxygens (including phenoxy) is 2. The lowest BCUT2D eigenvalue weighted by molar-refractivity contribution is -0.132. The summed E-state index contributed by atoms with van der Waals surface area (Å²) in [7, 11) is 2.95. The normalized spacial score (nSPS) is 17.5. The number of nitrogens with zero attached hydrogens (tertiary/aromatic N) is 1. The molecule has 1 atom stereocenters. The number of anilines is 1. The number of rotatable bonds is 5. The van der Waals surface area contributed by atoms with Crippen molar-refractivity contribution in [3.8, 4) is 11.5 Å². The summed E-state index contributed by atoms with van der Waals surface area (Å²) in [6.07, 6.45) is 0. The zero-order chi connectivity index (χ0) is 23.9. The molecule has 2 heterocycles. The van der Waals surface area contributed by atoms with Crippen LogP contribution in [0.4, 0.5) is 5.69 Å². The van der Waals surface area contributed by atoms with Crippen LogP contribution in [-0.4, -0.2) is 31.0 Å². The van der Waals surface area contributed by atoms with Gasteiger partial charge in [0.05, 0.1) is 25.4 Å². The highest BCUT2D eigenvalue weighted by Crippen LogP contribution is 2.44. The molecule has 0 radical (unpaired) electrons. The van der Waals surface area contributed by atoms with Crippen molar-refractivity contribution in [3.63, 3.8) is 0 Å². The molecule has 7 heteroatoms. The highest BCUT2D eigenvalue weighted by Gasteiger charge is 2.48. The summed E-state index contributed by atoms with van der Waals surface area (Å²) in [5.41, 5.74) is 2.72. The molecule has 0 saturated carbocycles. The minimum atomic E-state index is -0.947. The smallest absolute Gasteiger partial charge is 0.300 e. The minimum Gasteiger partial charge on any atom is -0.507 e. The molecule has 1 aliphatic heterocycles. The first-order valence-electron chi connectivity index (χ1n) is 10.4. The molecule has 1 N–H and O–H groups in total. The fraction of sp³-hybridized carbons (Fsp3) is 0.231. The standard InChI is InChI=1S/C26H25NO6/c1-14-6-8-17(12-15(14)2)27-23(21-10-7-16(3)33-21)22(25(29)26(27)30)24(28)19-13-18(31-4)9-11-20(19)32-5/h6-13,23,28H,1-5H3/b24-22-. The molecule has 1 unspecified atom stereocenters. The highest BCUT2D eigenvalue weighted by atomic mass is 16.5. The molecule has 7 nitrogen and oxygen atoms in total. The third kappa shape index (κ3) is 3.75. The van der Waals surface area contributed by atoms with Crippen LogP contribution in [0.15, 0.2) is 58.5 Å². The Morgan fingerprint density at radius 2 is 1.70 bits per heavy atom. The van der Waals surface area contributed by atoms with Gasteiger partial charge in [0.2, 0.25) is 0 Å². The molecule has 1 saturated heterocycles. The fourth-order valence-corrected chi connectivity index (χ4v) is 3.99. The van der Waals surface area contributed by atoms with Crippen LogP contribution in [0.2, 0.25) is 0 Å². The Labute approximate surface area is 191 Å². The number of hydrogen-bond acceptors (Lipinski definition) is 6. The van der Waals surface area contributed by atoms with E-state index in [-0.39, 0.29) is 16.9 Å². The lowest BCUT2D eigenvalue weighted by Gasteiger charge is -2.24. The zero-order valence-electron chi connectivity index (χ0n) is 19.1. The Morgan fingerprint density at radius 1 is 0.939 bits per heavy atom. The Bertz CT molecular complexity index is 1290. The van der Waals surface area contributed by atoms with E-state index in [1.807, 2.05) is 26.0 Å². The second-order valence-corrected chi connectivity index (χ2v) is 7.95. The molecule has 2 aromatic carbocycles. The average Bonchev–Trinajstić information content (AvgIpc) is 3.35. The van der Waals surface area contributed by atoms with E-state index >= 15 is 0 Å². The van der Waals surface area contributed by atoms with E-state index in [1.54, 1.807) is 43.3 Å². The number of ketones is 1. The number of furan rings is 1. The number of Topliss-reactive ketones (excluding diaryl/α,β-unsaturated/α-hetero) is 1. The van der Waals surface area contributed by atoms with Crippen molar-refractivity contribution in [1.29, 1.82) is 0 Å². The topological polar surface area (TPSA) is 89.2 Å². The molecule has 0 bridgehead atoms. The number of carbonyl (C=O) groups is 2. The van der Waals surface area contributed by atoms with Crippen molar-refractivity contribution in [2.45, 2.75) is 26.8 Å². The van der Waals surface area contributed by atoms with Crippen LogP contribution in [0, 0.1) is 20.8 Å². The summed E-state index contributed by atoms with van der Waals surface area (Å²) in [4.78, 5) is 27.9. The summed E-state index contributed by atoms with van der Waals surface area (Å²) in [6, 6.07) is 12.9. The molecule has 170 valence electrons. The Morgan fingerprint density at radius 3 is 2.30 bits per heavy atom. The van der Waals surface area contributed by atoms with Gasteiger partial charge in [-0.05, 0) is 74.4 Å². The van der Waals surface area contributed by atoms with Gasteiger partial charge >= 0.3 is 0 Å². The monoisotopic (exact) mass is 447 g/mol. The quantitative estimate of drug-likeness (QED) is 0.342. The van der Waals surface area contributed by atoms with Gasteiger partial charge in [0.25, 0.3) is 11.7 Å². The van der Waals surface area contributed by atoms with Gasteiger partial charge in [0.1, 0.15) is 34.8 Å². The first-order chi connectivity index (χ1) is 15.8. The largest absolute Gasteiger partial charge is 0.507 e. The van der Waals surface area contributed by atoms with Crippen molar-refractivity contribution in [1.82, 2.24) is 0 Å². The summed E-state index contributed by atoms with van der Waals surface area (Å²) in [6.45, 7) is 5.68. The van der Waals surface area contributed by atoms with E-state index in [0.717, 1.165) is 11.1 Å². The molecule has 1 aromatic heterocycles. The second kappa shape index (κ2) is 8.50. The van der Waals surface area contributed by atoms with Gasteiger partial charge in [0.15, 0.2) is 0 Å². The van der Waals surface area contributed by atoms with Crippen LogP contribution in [0.25, 0.3) is 5.76 Å². The zero-order valence-corrected chi connectivity index (χ0v) is 19.1. The lowest BCUT2D eigenvalue weighted by Crippen LogP contribution is -2.29. The molecule has 1 aliphatic rings. The number of benzene rings is 2.